The smallest absolute Gasteiger partial charge is 0.343 e. The molecule has 37 heavy (non-hydrogen) atoms. The second kappa shape index (κ2) is 16.1. The van der Waals surface area contributed by atoms with Crippen LogP contribution in [0.15, 0.2) is 42.5 Å². The topological polar surface area (TPSA) is 59.3 Å². The lowest BCUT2D eigenvalue weighted by molar-refractivity contribution is 0.0734. The number of nitrogens with zero attached hydrogens (tertiary/aromatic N) is 1. The Morgan fingerprint density at radius 3 is 2.08 bits per heavy atom. The van der Waals surface area contributed by atoms with Crippen LogP contribution in [0.3, 0.4) is 0 Å². The number of carbonyl (C=O) groups is 1. The summed E-state index contributed by atoms with van der Waals surface area (Å²) in [6.45, 7) is 2.95. The van der Waals surface area contributed by atoms with Gasteiger partial charge in [0.1, 0.15) is 23.4 Å². The van der Waals surface area contributed by atoms with Crippen LogP contribution in [0.5, 0.6) is 11.5 Å². The molecule has 1 fully saturated rings. The van der Waals surface area contributed by atoms with E-state index in [-0.39, 0.29) is 11.3 Å². The first-order valence-electron chi connectivity index (χ1n) is 14.2. The predicted octanol–water partition coefficient (Wildman–Crippen LogP) is 9.02. The maximum Gasteiger partial charge on any atom is 0.343 e. The van der Waals surface area contributed by atoms with Gasteiger partial charge >= 0.3 is 5.97 Å². The minimum Gasteiger partial charge on any atom is -0.494 e. The van der Waals surface area contributed by atoms with Crippen LogP contribution in [0.1, 0.15) is 113 Å². The first kappa shape index (κ1) is 28.7. The molecule has 0 N–H and O–H groups in total. The van der Waals surface area contributed by atoms with Gasteiger partial charge in [0, 0.05) is 6.07 Å². The Hall–Kier alpha value is -2.87. The van der Waals surface area contributed by atoms with Crippen molar-refractivity contribution in [3.63, 3.8) is 0 Å². The number of esters is 1. The summed E-state index contributed by atoms with van der Waals surface area (Å²) >= 11 is 0. The SMILES string of the molecule is CCCCCCCCC[C@H]1CC[C@H](CCCOc2ccc(C(=O)Oc3ccc(C#N)c(F)c3)cc2)CC1. The minimum atomic E-state index is -0.715. The van der Waals surface area contributed by atoms with Crippen LogP contribution in [0.4, 0.5) is 4.39 Å². The zero-order chi connectivity index (χ0) is 26.3. The van der Waals surface area contributed by atoms with E-state index in [1.54, 1.807) is 30.3 Å². The van der Waals surface area contributed by atoms with Gasteiger partial charge in [-0.1, -0.05) is 84.0 Å². The van der Waals surface area contributed by atoms with Crippen molar-refractivity contribution < 1.29 is 18.7 Å². The van der Waals surface area contributed by atoms with Crippen molar-refractivity contribution >= 4 is 5.97 Å². The summed E-state index contributed by atoms with van der Waals surface area (Å²) in [4.78, 5) is 12.3. The third-order valence-electron chi connectivity index (χ3n) is 7.57. The molecule has 1 aliphatic carbocycles. The third-order valence-corrected chi connectivity index (χ3v) is 7.57. The Bertz CT molecular complexity index is 990. The minimum absolute atomic E-state index is 0.0636. The van der Waals surface area contributed by atoms with E-state index in [0.717, 1.165) is 30.1 Å². The van der Waals surface area contributed by atoms with Gasteiger partial charge in [-0.3, -0.25) is 0 Å². The first-order chi connectivity index (χ1) is 18.1. The molecule has 0 unspecified atom stereocenters. The van der Waals surface area contributed by atoms with Gasteiger partial charge in [-0.2, -0.15) is 5.26 Å². The second-order valence-corrected chi connectivity index (χ2v) is 10.5. The molecule has 2 aromatic rings. The summed E-state index contributed by atoms with van der Waals surface area (Å²) in [6, 6.07) is 12.3. The Morgan fingerprint density at radius 1 is 0.865 bits per heavy atom. The van der Waals surface area contributed by atoms with E-state index in [1.165, 1.54) is 95.6 Å². The zero-order valence-electron chi connectivity index (χ0n) is 22.4. The predicted molar refractivity (Wildman–Crippen MR) is 145 cm³/mol. The van der Waals surface area contributed by atoms with Gasteiger partial charge in [0.25, 0.3) is 0 Å². The quantitative estimate of drug-likeness (QED) is 0.137. The van der Waals surface area contributed by atoms with Crippen LogP contribution in [0, 0.1) is 29.0 Å². The van der Waals surface area contributed by atoms with Gasteiger partial charge in [0.2, 0.25) is 0 Å². The lowest BCUT2D eigenvalue weighted by Crippen LogP contribution is -2.15. The number of nitriles is 1. The molecule has 2 aromatic carbocycles. The first-order valence-corrected chi connectivity index (χ1v) is 14.2. The molecule has 0 amide bonds. The van der Waals surface area contributed by atoms with Gasteiger partial charge in [-0.05, 0) is 61.1 Å². The van der Waals surface area contributed by atoms with Crippen molar-refractivity contribution in [3.8, 4) is 17.6 Å². The van der Waals surface area contributed by atoms with Crippen molar-refractivity contribution in [2.45, 2.75) is 96.8 Å². The third kappa shape index (κ3) is 10.2. The maximum absolute atomic E-state index is 13.7. The normalized spacial score (nSPS) is 17.2. The highest BCUT2D eigenvalue weighted by atomic mass is 19.1. The molecule has 3 rings (SSSR count). The molecule has 0 saturated heterocycles. The number of rotatable bonds is 15. The number of ether oxygens (including phenoxy) is 2. The van der Waals surface area contributed by atoms with E-state index in [0.29, 0.717) is 12.2 Å². The maximum atomic E-state index is 13.7. The van der Waals surface area contributed by atoms with Crippen molar-refractivity contribution in [2.75, 3.05) is 6.61 Å². The molecule has 0 atom stereocenters. The molecule has 4 nitrogen and oxygen atoms in total. The van der Waals surface area contributed by atoms with E-state index in [9.17, 15) is 9.18 Å². The highest BCUT2D eigenvalue weighted by Crippen LogP contribution is 2.34. The van der Waals surface area contributed by atoms with E-state index in [1.807, 2.05) is 0 Å². The molecule has 200 valence electrons. The fourth-order valence-corrected chi connectivity index (χ4v) is 5.26. The monoisotopic (exact) mass is 507 g/mol. The molecule has 0 heterocycles. The van der Waals surface area contributed by atoms with Crippen LogP contribution >= 0.6 is 0 Å². The van der Waals surface area contributed by atoms with Crippen LogP contribution < -0.4 is 9.47 Å². The van der Waals surface area contributed by atoms with Crippen LogP contribution in [-0.2, 0) is 0 Å². The van der Waals surface area contributed by atoms with Crippen molar-refractivity contribution in [2.24, 2.45) is 11.8 Å². The summed E-state index contributed by atoms with van der Waals surface area (Å²) in [5.74, 6) is 1.27. The zero-order valence-corrected chi connectivity index (χ0v) is 22.4. The van der Waals surface area contributed by atoms with Crippen LogP contribution in [0.25, 0.3) is 0 Å². The highest BCUT2D eigenvalue weighted by molar-refractivity contribution is 5.91. The largest absolute Gasteiger partial charge is 0.494 e. The Labute approximate surface area is 222 Å². The molecule has 0 radical (unpaired) electrons. The number of hydrogen-bond donors (Lipinski definition) is 0. The van der Waals surface area contributed by atoms with E-state index in [2.05, 4.69) is 6.92 Å². The number of benzene rings is 2. The molecule has 1 aliphatic rings. The lowest BCUT2D eigenvalue weighted by atomic mass is 9.78. The number of carbonyl (C=O) groups excluding carboxylic acids is 1. The van der Waals surface area contributed by atoms with E-state index >= 15 is 0 Å². The molecule has 0 bridgehead atoms. The average Bonchev–Trinajstić information content (AvgIpc) is 2.92. The average molecular weight is 508 g/mol. The van der Waals surface area contributed by atoms with Gasteiger partial charge in [-0.25, -0.2) is 9.18 Å². The fraction of sp³-hybridized carbons (Fsp3) is 0.562. The fourth-order valence-electron chi connectivity index (χ4n) is 5.26. The Kier molecular flexibility index (Phi) is 12.5. The summed E-state index contributed by atoms with van der Waals surface area (Å²) in [5.41, 5.74) is 0.262. The molecular weight excluding hydrogens is 465 g/mol. The van der Waals surface area contributed by atoms with Gasteiger partial charge in [-0.15, -0.1) is 0 Å². The van der Waals surface area contributed by atoms with Crippen LogP contribution in [0.2, 0.25) is 0 Å². The standard InChI is InChI=1S/C32H42FNO3/c1-2-3-4-5-6-7-8-10-25-12-14-26(15-13-25)11-9-22-36-29-19-16-27(17-20-29)32(35)37-30-21-18-28(24-34)31(33)23-30/h16-21,23,25-26H,2-15,22H2,1H3/t25-,26-. The summed E-state index contributed by atoms with van der Waals surface area (Å²) in [7, 11) is 0. The van der Waals surface area contributed by atoms with Crippen molar-refractivity contribution in [1.82, 2.24) is 0 Å². The van der Waals surface area contributed by atoms with E-state index < -0.39 is 11.8 Å². The van der Waals surface area contributed by atoms with Gasteiger partial charge in [0.15, 0.2) is 0 Å². The molecule has 1 saturated carbocycles. The number of unbranched alkanes of at least 4 members (excludes halogenated alkanes) is 6. The molecular formula is C32H42FNO3. The Morgan fingerprint density at radius 2 is 1.46 bits per heavy atom. The molecule has 0 spiro atoms. The van der Waals surface area contributed by atoms with Crippen molar-refractivity contribution in [1.29, 1.82) is 5.26 Å². The van der Waals surface area contributed by atoms with Gasteiger partial charge < -0.3 is 9.47 Å². The summed E-state index contributed by atoms with van der Waals surface area (Å²) < 4.78 is 24.8. The molecule has 0 aromatic heterocycles. The molecule has 0 aliphatic heterocycles. The lowest BCUT2D eigenvalue weighted by Gasteiger charge is -2.28. The summed E-state index contributed by atoms with van der Waals surface area (Å²) in [6.07, 6.45) is 19.0. The highest BCUT2D eigenvalue weighted by Gasteiger charge is 2.20. The number of halogens is 1. The molecule has 5 heteroatoms. The van der Waals surface area contributed by atoms with Crippen LogP contribution in [-0.4, -0.2) is 12.6 Å². The Balaban J connectivity index is 1.26. The van der Waals surface area contributed by atoms with Crippen molar-refractivity contribution in [3.05, 3.63) is 59.4 Å². The van der Waals surface area contributed by atoms with Gasteiger partial charge in [0.05, 0.1) is 17.7 Å². The summed E-state index contributed by atoms with van der Waals surface area (Å²) in [5, 5.41) is 8.80. The second-order valence-electron chi connectivity index (χ2n) is 10.5. The number of hydrogen-bond acceptors (Lipinski definition) is 4. The van der Waals surface area contributed by atoms with E-state index in [4.69, 9.17) is 14.7 Å².